The van der Waals surface area contributed by atoms with E-state index in [2.05, 4.69) is 246 Å². The third-order valence-electron chi connectivity index (χ3n) is 12.4. The Labute approximate surface area is 366 Å². The lowest BCUT2D eigenvalue weighted by molar-refractivity contribution is 0.669. The highest BCUT2D eigenvalue weighted by molar-refractivity contribution is 6.14. The summed E-state index contributed by atoms with van der Waals surface area (Å²) in [6.07, 6.45) is 0. The van der Waals surface area contributed by atoms with Gasteiger partial charge in [0.25, 0.3) is 0 Å². The van der Waals surface area contributed by atoms with Gasteiger partial charge in [0.15, 0.2) is 5.58 Å². The van der Waals surface area contributed by atoms with E-state index in [9.17, 15) is 0 Å². The molecule has 0 aliphatic carbocycles. The molecule has 0 unspecified atom stereocenters. The quantitative estimate of drug-likeness (QED) is 0.153. The van der Waals surface area contributed by atoms with Crippen molar-refractivity contribution in [2.24, 2.45) is 0 Å². The van der Waals surface area contributed by atoms with E-state index in [0.717, 1.165) is 61.4 Å². The van der Waals surface area contributed by atoms with E-state index in [0.29, 0.717) is 0 Å². The lowest BCUT2D eigenvalue weighted by atomic mass is 9.88. The average Bonchev–Trinajstić information content (AvgIpc) is 3.92. The van der Waals surface area contributed by atoms with Crippen LogP contribution in [0.1, 0.15) is 0 Å². The van der Waals surface area contributed by atoms with Gasteiger partial charge in [-0.3, -0.25) is 0 Å². The van der Waals surface area contributed by atoms with Gasteiger partial charge in [-0.1, -0.05) is 194 Å². The molecule has 3 heteroatoms. The highest BCUT2D eigenvalue weighted by atomic mass is 16.3. The second kappa shape index (κ2) is 15.3. The number of aromatic nitrogens is 1. The summed E-state index contributed by atoms with van der Waals surface area (Å²) in [7, 11) is 0. The van der Waals surface area contributed by atoms with Crippen molar-refractivity contribution in [2.45, 2.75) is 0 Å². The van der Waals surface area contributed by atoms with Gasteiger partial charge in [-0.15, -0.1) is 0 Å². The molecule has 0 radical (unpaired) electrons. The van der Waals surface area contributed by atoms with Crippen LogP contribution in [0.3, 0.4) is 0 Å². The van der Waals surface area contributed by atoms with Gasteiger partial charge in [-0.05, 0) is 81.9 Å². The SMILES string of the molecule is c1ccc(-c2ccccc2-c2ccccc2-c2ccccc2N(c2ccc(-c3cccc4c5ccccc5n(-c5ccccc5)c34)cc2)c2cccc3c2oc2ccccc23)cc1. The van der Waals surface area contributed by atoms with Gasteiger partial charge in [0.1, 0.15) is 5.58 Å². The van der Waals surface area contributed by atoms with Crippen LogP contribution in [-0.2, 0) is 0 Å². The van der Waals surface area contributed by atoms with Crippen LogP contribution in [0.4, 0.5) is 17.1 Å². The fourth-order valence-corrected chi connectivity index (χ4v) is 9.64. The van der Waals surface area contributed by atoms with Crippen LogP contribution in [0.5, 0.6) is 0 Å². The topological polar surface area (TPSA) is 21.3 Å². The molecule has 63 heavy (non-hydrogen) atoms. The summed E-state index contributed by atoms with van der Waals surface area (Å²) in [5.74, 6) is 0. The van der Waals surface area contributed by atoms with Crippen molar-refractivity contribution in [1.82, 2.24) is 4.57 Å². The Balaban J connectivity index is 1.07. The van der Waals surface area contributed by atoms with Crippen molar-refractivity contribution in [1.29, 1.82) is 0 Å². The highest BCUT2D eigenvalue weighted by Crippen LogP contribution is 2.48. The fourth-order valence-electron chi connectivity index (χ4n) is 9.64. The molecule has 10 aromatic carbocycles. The number of benzene rings is 10. The summed E-state index contributed by atoms with van der Waals surface area (Å²) >= 11 is 0. The first-order valence-corrected chi connectivity index (χ1v) is 21.5. The Morgan fingerprint density at radius 1 is 0.317 bits per heavy atom. The minimum Gasteiger partial charge on any atom is -0.454 e. The minimum atomic E-state index is 0.845. The molecule has 12 rings (SSSR count). The monoisotopic (exact) mass is 804 g/mol. The molecule has 0 aliphatic heterocycles. The summed E-state index contributed by atoms with van der Waals surface area (Å²) in [6.45, 7) is 0. The maximum atomic E-state index is 6.79. The van der Waals surface area contributed by atoms with Crippen LogP contribution in [0.15, 0.2) is 247 Å². The summed E-state index contributed by atoms with van der Waals surface area (Å²) in [5, 5.41) is 4.65. The van der Waals surface area contributed by atoms with Crippen molar-refractivity contribution in [3.05, 3.63) is 243 Å². The summed E-state index contributed by atoms with van der Waals surface area (Å²) < 4.78 is 9.20. The standard InChI is InChI=1S/C60H40N2O/c1-3-19-41(20-4-1)45-23-7-8-24-47(45)48-25-9-10-26-49(48)50-27-11-14-33-55(50)61(57-35-18-32-54-52-29-13-16-36-58(52)63-60(54)57)44-39-37-42(38-40-44)46-30-17-31-53-51-28-12-15-34-56(51)62(59(46)53)43-21-5-2-6-22-43/h1-40H. The molecule has 0 spiro atoms. The van der Waals surface area contributed by atoms with E-state index in [4.69, 9.17) is 4.42 Å². The van der Waals surface area contributed by atoms with E-state index in [1.165, 1.54) is 49.6 Å². The van der Waals surface area contributed by atoms with E-state index in [1.807, 2.05) is 6.07 Å². The zero-order valence-electron chi connectivity index (χ0n) is 34.4. The van der Waals surface area contributed by atoms with Crippen LogP contribution in [0, 0.1) is 0 Å². The van der Waals surface area contributed by atoms with E-state index in [1.54, 1.807) is 0 Å². The average molecular weight is 805 g/mol. The maximum absolute atomic E-state index is 6.79. The van der Waals surface area contributed by atoms with Gasteiger partial charge in [0.05, 0.1) is 22.4 Å². The molecule has 0 fully saturated rings. The summed E-state index contributed by atoms with van der Waals surface area (Å²) in [4.78, 5) is 2.38. The Kier molecular flexibility index (Phi) is 8.83. The first-order chi connectivity index (χ1) is 31.3. The third-order valence-corrected chi connectivity index (χ3v) is 12.4. The molecule has 12 aromatic rings. The molecule has 0 aliphatic rings. The van der Waals surface area contributed by atoms with Gasteiger partial charge >= 0.3 is 0 Å². The molecule has 3 nitrogen and oxygen atoms in total. The van der Waals surface area contributed by atoms with Crippen molar-refractivity contribution in [2.75, 3.05) is 4.90 Å². The maximum Gasteiger partial charge on any atom is 0.159 e. The van der Waals surface area contributed by atoms with Gasteiger partial charge in [0, 0.05) is 44.0 Å². The predicted octanol–water partition coefficient (Wildman–Crippen LogP) is 16.8. The van der Waals surface area contributed by atoms with Crippen molar-refractivity contribution >= 4 is 60.8 Å². The minimum absolute atomic E-state index is 0.845. The first kappa shape index (κ1) is 36.5. The van der Waals surface area contributed by atoms with Gasteiger partial charge in [0.2, 0.25) is 0 Å². The van der Waals surface area contributed by atoms with Crippen LogP contribution in [0.25, 0.3) is 93.9 Å². The largest absolute Gasteiger partial charge is 0.454 e. The molecular formula is C60H40N2O. The normalized spacial score (nSPS) is 11.5. The molecule has 2 heterocycles. The highest BCUT2D eigenvalue weighted by Gasteiger charge is 2.24. The first-order valence-electron chi connectivity index (χ1n) is 21.5. The Morgan fingerprint density at radius 2 is 0.825 bits per heavy atom. The zero-order chi connectivity index (χ0) is 41.7. The number of nitrogens with zero attached hydrogens (tertiary/aromatic N) is 2. The van der Waals surface area contributed by atoms with E-state index >= 15 is 0 Å². The molecule has 0 N–H and O–H groups in total. The van der Waals surface area contributed by atoms with Gasteiger partial charge in [-0.2, -0.15) is 0 Å². The van der Waals surface area contributed by atoms with E-state index < -0.39 is 0 Å². The van der Waals surface area contributed by atoms with Crippen molar-refractivity contribution < 1.29 is 4.42 Å². The Hall–Kier alpha value is -8.40. The molecule has 0 saturated carbocycles. The summed E-state index contributed by atoms with van der Waals surface area (Å²) in [5.41, 5.74) is 17.6. The van der Waals surface area contributed by atoms with Crippen molar-refractivity contribution in [3.8, 4) is 50.2 Å². The second-order valence-corrected chi connectivity index (χ2v) is 16.0. The van der Waals surface area contributed by atoms with Gasteiger partial charge < -0.3 is 13.9 Å². The van der Waals surface area contributed by atoms with Crippen LogP contribution in [-0.4, -0.2) is 4.57 Å². The molecule has 0 bridgehead atoms. The second-order valence-electron chi connectivity index (χ2n) is 16.0. The lowest BCUT2D eigenvalue weighted by Crippen LogP contribution is -2.11. The molecular weight excluding hydrogens is 765 g/mol. The lowest BCUT2D eigenvalue weighted by Gasteiger charge is -2.28. The zero-order valence-corrected chi connectivity index (χ0v) is 34.4. The third kappa shape index (κ3) is 6.13. The number of hydrogen-bond acceptors (Lipinski definition) is 2. The van der Waals surface area contributed by atoms with Crippen LogP contribution >= 0.6 is 0 Å². The molecule has 0 saturated heterocycles. The predicted molar refractivity (Wildman–Crippen MR) is 264 cm³/mol. The summed E-state index contributed by atoms with van der Waals surface area (Å²) in [6, 6.07) is 87.0. The Bertz CT molecular complexity index is 3620. The number of furan rings is 1. The molecule has 296 valence electrons. The Morgan fingerprint density at radius 3 is 1.60 bits per heavy atom. The van der Waals surface area contributed by atoms with Crippen LogP contribution in [0.2, 0.25) is 0 Å². The van der Waals surface area contributed by atoms with Crippen LogP contribution < -0.4 is 4.90 Å². The van der Waals surface area contributed by atoms with Crippen molar-refractivity contribution in [3.63, 3.8) is 0 Å². The number of rotatable bonds is 8. The number of fused-ring (bicyclic) bond motifs is 6. The smallest absolute Gasteiger partial charge is 0.159 e. The molecule has 2 aromatic heterocycles. The number of anilines is 3. The number of para-hydroxylation sites is 6. The molecule has 0 amide bonds. The fraction of sp³-hybridized carbons (Fsp3) is 0. The molecule has 0 atom stereocenters. The van der Waals surface area contributed by atoms with Gasteiger partial charge in [-0.25, -0.2) is 0 Å². The van der Waals surface area contributed by atoms with E-state index in [-0.39, 0.29) is 0 Å². The number of hydrogen-bond donors (Lipinski definition) is 0.